The van der Waals surface area contributed by atoms with E-state index in [9.17, 15) is 4.79 Å². The maximum atomic E-state index is 12.2. The van der Waals surface area contributed by atoms with Crippen LogP contribution in [0.25, 0.3) is 33.3 Å². The highest BCUT2D eigenvalue weighted by molar-refractivity contribution is 6.03. The number of pyridine rings is 2. The third kappa shape index (κ3) is 3.40. The molecule has 0 atom stereocenters. The van der Waals surface area contributed by atoms with Crippen molar-refractivity contribution in [2.45, 2.75) is 18.9 Å². The first-order valence-electron chi connectivity index (χ1n) is 10.7. The molecule has 32 heavy (non-hydrogen) atoms. The highest BCUT2D eigenvalue weighted by Crippen LogP contribution is 2.35. The summed E-state index contributed by atoms with van der Waals surface area (Å²) < 4.78 is 12.0. The van der Waals surface area contributed by atoms with Crippen LogP contribution in [0.2, 0.25) is 0 Å². The topological polar surface area (TPSA) is 114 Å². The molecule has 2 fully saturated rings. The van der Waals surface area contributed by atoms with E-state index >= 15 is 0 Å². The molecule has 1 aromatic carbocycles. The molecular weight excluding hydrogens is 408 g/mol. The van der Waals surface area contributed by atoms with Crippen LogP contribution in [0.3, 0.4) is 0 Å². The van der Waals surface area contributed by atoms with E-state index in [1.807, 2.05) is 31.3 Å². The van der Waals surface area contributed by atoms with Crippen LogP contribution >= 0.6 is 0 Å². The van der Waals surface area contributed by atoms with E-state index < -0.39 is 0 Å². The minimum atomic E-state index is 0.0114. The largest absolute Gasteiger partial charge is 0.488 e. The van der Waals surface area contributed by atoms with E-state index in [0.29, 0.717) is 28.6 Å². The second kappa shape index (κ2) is 7.45. The zero-order valence-corrected chi connectivity index (χ0v) is 17.5. The van der Waals surface area contributed by atoms with Gasteiger partial charge in [-0.3, -0.25) is 4.79 Å². The lowest BCUT2D eigenvalue weighted by molar-refractivity contribution is -0.117. The third-order valence-corrected chi connectivity index (χ3v) is 5.84. The molecule has 1 saturated carbocycles. The molecule has 0 unspecified atom stereocenters. The van der Waals surface area contributed by atoms with Crippen molar-refractivity contribution >= 4 is 39.4 Å². The van der Waals surface area contributed by atoms with E-state index in [2.05, 4.69) is 25.9 Å². The number of fused-ring (bicyclic) bond motifs is 2. The fraction of sp³-hybridized carbons (Fsp3) is 0.304. The number of nitrogens with zero attached hydrogens (tertiary/aromatic N) is 3. The van der Waals surface area contributed by atoms with Crippen LogP contribution in [-0.4, -0.2) is 47.1 Å². The summed E-state index contributed by atoms with van der Waals surface area (Å²) in [5.74, 6) is 2.53. The number of ether oxygens (including phenoxy) is 1. The zero-order valence-electron chi connectivity index (χ0n) is 17.5. The number of anilines is 2. The number of hydrogen-bond donors (Lipinski definition) is 3. The van der Waals surface area contributed by atoms with Gasteiger partial charge in [-0.1, -0.05) is 0 Å². The summed E-state index contributed by atoms with van der Waals surface area (Å²) >= 11 is 0. The Labute approximate surface area is 183 Å². The fourth-order valence-corrected chi connectivity index (χ4v) is 3.78. The summed E-state index contributed by atoms with van der Waals surface area (Å²) in [6.45, 7) is 1.70. The van der Waals surface area contributed by atoms with Gasteiger partial charge in [-0.2, -0.15) is 0 Å². The number of carbonyl (C=O) groups excluding carboxylic acids is 1. The van der Waals surface area contributed by atoms with Crippen molar-refractivity contribution in [2.24, 2.45) is 5.92 Å². The second-order valence-corrected chi connectivity index (χ2v) is 8.20. The lowest BCUT2D eigenvalue weighted by Gasteiger charge is -2.27. The van der Waals surface area contributed by atoms with Gasteiger partial charge in [0.25, 0.3) is 0 Å². The van der Waals surface area contributed by atoms with Crippen LogP contribution in [0.5, 0.6) is 5.75 Å². The van der Waals surface area contributed by atoms with Crippen molar-refractivity contribution in [1.82, 2.24) is 20.3 Å². The predicted octanol–water partition coefficient (Wildman–Crippen LogP) is 3.18. The monoisotopic (exact) mass is 430 g/mol. The standard InChI is InChI=1S/C23H22N6O3/c1-24-21-16-10-26-20(29-22(30)12-2-3-12)7-15(16)17(11-27-21)23-28-18-6-13(4-5-19(18)32-23)31-14-8-25-9-14/h4-7,10-12,14,25H,2-3,8-9H2,1H3,(H,24,27)(H,26,29,30). The van der Waals surface area contributed by atoms with Crippen molar-refractivity contribution in [3.8, 4) is 17.2 Å². The van der Waals surface area contributed by atoms with E-state index in [1.54, 1.807) is 12.4 Å². The smallest absolute Gasteiger partial charge is 0.229 e. The van der Waals surface area contributed by atoms with Gasteiger partial charge in [-0.15, -0.1) is 0 Å². The normalized spacial score (nSPS) is 16.2. The van der Waals surface area contributed by atoms with Gasteiger partial charge < -0.3 is 25.1 Å². The average Bonchev–Trinajstić information content (AvgIpc) is 3.55. The first-order chi connectivity index (χ1) is 15.7. The number of amides is 1. The van der Waals surface area contributed by atoms with E-state index in [1.165, 1.54) is 0 Å². The fourth-order valence-electron chi connectivity index (χ4n) is 3.78. The van der Waals surface area contributed by atoms with Crippen molar-refractivity contribution in [1.29, 1.82) is 0 Å². The SMILES string of the molecule is CNc1ncc(-c2nc3cc(OC4CNC4)ccc3o2)c2cc(NC(=O)C3CC3)ncc12. The minimum Gasteiger partial charge on any atom is -0.488 e. The number of nitrogens with one attached hydrogen (secondary N) is 3. The molecule has 1 amide bonds. The maximum absolute atomic E-state index is 12.2. The molecule has 2 aliphatic rings. The van der Waals surface area contributed by atoms with Gasteiger partial charge in [0.05, 0.1) is 5.56 Å². The molecule has 3 N–H and O–H groups in total. The molecule has 9 nitrogen and oxygen atoms in total. The number of benzene rings is 1. The third-order valence-electron chi connectivity index (χ3n) is 5.84. The van der Waals surface area contributed by atoms with Crippen molar-refractivity contribution in [3.63, 3.8) is 0 Å². The summed E-state index contributed by atoms with van der Waals surface area (Å²) in [6.07, 6.45) is 5.50. The molecule has 6 rings (SSSR count). The summed E-state index contributed by atoms with van der Waals surface area (Å²) in [7, 11) is 1.81. The summed E-state index contributed by atoms with van der Waals surface area (Å²) in [4.78, 5) is 25.8. The molecular formula is C23H22N6O3. The van der Waals surface area contributed by atoms with Crippen LogP contribution in [0.15, 0.2) is 41.1 Å². The first kappa shape index (κ1) is 19.0. The highest BCUT2D eigenvalue weighted by atomic mass is 16.5. The summed E-state index contributed by atoms with van der Waals surface area (Å²) in [6, 6.07) is 7.50. The molecule has 1 saturated heterocycles. The Kier molecular flexibility index (Phi) is 4.43. The van der Waals surface area contributed by atoms with E-state index in [4.69, 9.17) is 14.1 Å². The number of oxazole rings is 1. The molecule has 0 bridgehead atoms. The Hall–Kier alpha value is -3.72. The van der Waals surface area contributed by atoms with Gasteiger partial charge in [0.2, 0.25) is 11.8 Å². The molecule has 4 heterocycles. The minimum absolute atomic E-state index is 0.0114. The molecule has 3 aromatic heterocycles. The molecule has 162 valence electrons. The van der Waals surface area contributed by atoms with Crippen LogP contribution in [0, 0.1) is 5.92 Å². The van der Waals surface area contributed by atoms with Crippen LogP contribution < -0.4 is 20.7 Å². The Morgan fingerprint density at radius 1 is 1.16 bits per heavy atom. The Balaban J connectivity index is 1.41. The van der Waals surface area contributed by atoms with Gasteiger partial charge in [0, 0.05) is 55.3 Å². The number of carbonyl (C=O) groups is 1. The number of hydrogen-bond acceptors (Lipinski definition) is 8. The summed E-state index contributed by atoms with van der Waals surface area (Å²) in [5, 5.41) is 10.9. The van der Waals surface area contributed by atoms with Crippen molar-refractivity contribution in [2.75, 3.05) is 30.8 Å². The molecule has 1 aliphatic carbocycles. The second-order valence-electron chi connectivity index (χ2n) is 8.20. The Morgan fingerprint density at radius 2 is 2.03 bits per heavy atom. The van der Waals surface area contributed by atoms with E-state index in [-0.39, 0.29) is 17.9 Å². The zero-order chi connectivity index (χ0) is 21.7. The van der Waals surface area contributed by atoms with Gasteiger partial charge >= 0.3 is 0 Å². The lowest BCUT2D eigenvalue weighted by Crippen LogP contribution is -2.50. The van der Waals surface area contributed by atoms with Gasteiger partial charge in [-0.05, 0) is 31.0 Å². The summed E-state index contributed by atoms with van der Waals surface area (Å²) in [5.41, 5.74) is 2.11. The van der Waals surface area contributed by atoms with Gasteiger partial charge in [0.15, 0.2) is 5.58 Å². The number of rotatable bonds is 6. The molecule has 0 radical (unpaired) electrons. The Bertz CT molecular complexity index is 1340. The van der Waals surface area contributed by atoms with Crippen LogP contribution in [0.1, 0.15) is 12.8 Å². The van der Waals surface area contributed by atoms with Crippen LogP contribution in [-0.2, 0) is 4.79 Å². The predicted molar refractivity (Wildman–Crippen MR) is 121 cm³/mol. The van der Waals surface area contributed by atoms with Crippen LogP contribution in [0.4, 0.5) is 11.6 Å². The average molecular weight is 430 g/mol. The first-order valence-corrected chi connectivity index (χ1v) is 10.7. The lowest BCUT2D eigenvalue weighted by atomic mass is 10.1. The van der Waals surface area contributed by atoms with Crippen molar-refractivity contribution < 1.29 is 13.9 Å². The Morgan fingerprint density at radius 3 is 2.78 bits per heavy atom. The molecule has 4 aromatic rings. The van der Waals surface area contributed by atoms with Crippen molar-refractivity contribution in [3.05, 3.63) is 36.7 Å². The van der Waals surface area contributed by atoms with Gasteiger partial charge in [0.1, 0.15) is 29.0 Å². The molecule has 1 aliphatic heterocycles. The highest BCUT2D eigenvalue weighted by Gasteiger charge is 2.30. The van der Waals surface area contributed by atoms with Gasteiger partial charge in [-0.25, -0.2) is 15.0 Å². The quantitative estimate of drug-likeness (QED) is 0.427. The molecule has 9 heteroatoms. The maximum Gasteiger partial charge on any atom is 0.229 e. The molecule has 0 spiro atoms. The van der Waals surface area contributed by atoms with E-state index in [0.717, 1.165) is 48.0 Å². The number of aromatic nitrogens is 3.